The maximum atomic E-state index is 13.0. The van der Waals surface area contributed by atoms with E-state index in [9.17, 15) is 4.79 Å². The van der Waals surface area contributed by atoms with Crippen LogP contribution in [0, 0.1) is 6.92 Å². The molecule has 4 rings (SSSR count). The van der Waals surface area contributed by atoms with E-state index in [-0.39, 0.29) is 11.9 Å². The van der Waals surface area contributed by atoms with E-state index < -0.39 is 5.25 Å². The number of benzene rings is 2. The first kappa shape index (κ1) is 16.9. The van der Waals surface area contributed by atoms with Gasteiger partial charge in [-0.25, -0.2) is 4.68 Å². The Morgan fingerprint density at radius 2 is 1.88 bits per heavy atom. The lowest BCUT2D eigenvalue weighted by molar-refractivity contribution is -0.116. The number of nitrogens with one attached hydrogen (secondary N) is 2. The predicted molar refractivity (Wildman–Crippen MR) is 103 cm³/mol. The molecule has 0 radical (unpaired) electrons. The fourth-order valence-corrected chi connectivity index (χ4v) is 4.07. The molecule has 2 heterocycles. The van der Waals surface area contributed by atoms with Crippen molar-refractivity contribution in [1.82, 2.24) is 14.9 Å². The average molecular weight is 386 g/mol. The molecule has 0 aliphatic carbocycles. The van der Waals surface area contributed by atoms with Gasteiger partial charge in [0, 0.05) is 10.7 Å². The van der Waals surface area contributed by atoms with Crippen molar-refractivity contribution >= 4 is 35.0 Å². The Balaban J connectivity index is 1.64. The summed E-state index contributed by atoms with van der Waals surface area (Å²) in [5, 5.41) is 12.1. The smallest absolute Gasteiger partial charge is 0.240 e. The van der Waals surface area contributed by atoms with Crippen LogP contribution in [0.15, 0.2) is 59.8 Å². The van der Waals surface area contributed by atoms with Crippen molar-refractivity contribution < 1.29 is 4.79 Å². The van der Waals surface area contributed by atoms with Crippen LogP contribution >= 0.6 is 23.4 Å². The molecule has 0 saturated carbocycles. The first-order chi connectivity index (χ1) is 12.6. The molecule has 1 aliphatic heterocycles. The number of thioether (sulfide) groups is 1. The molecule has 2 aromatic carbocycles. The highest BCUT2D eigenvalue weighted by Crippen LogP contribution is 2.37. The molecule has 0 unspecified atom stereocenters. The number of halogens is 1. The van der Waals surface area contributed by atoms with Gasteiger partial charge in [-0.1, -0.05) is 53.7 Å². The van der Waals surface area contributed by atoms with Crippen LogP contribution in [0.25, 0.3) is 0 Å². The molecule has 132 valence electrons. The van der Waals surface area contributed by atoms with Gasteiger partial charge in [0.1, 0.15) is 11.1 Å². The van der Waals surface area contributed by atoms with Crippen molar-refractivity contribution in [3.63, 3.8) is 0 Å². The van der Waals surface area contributed by atoms with Crippen LogP contribution < -0.4 is 10.7 Å². The van der Waals surface area contributed by atoms with Crippen LogP contribution in [-0.4, -0.2) is 26.0 Å². The summed E-state index contributed by atoms with van der Waals surface area (Å²) in [6.07, 6.45) is 0. The zero-order valence-corrected chi connectivity index (χ0v) is 15.5. The highest BCUT2D eigenvalue weighted by Gasteiger charge is 2.37. The van der Waals surface area contributed by atoms with Gasteiger partial charge in [0.15, 0.2) is 0 Å². The van der Waals surface area contributed by atoms with Gasteiger partial charge in [0.25, 0.3) is 0 Å². The van der Waals surface area contributed by atoms with Gasteiger partial charge in [-0.05, 0) is 36.8 Å². The van der Waals surface area contributed by atoms with Gasteiger partial charge >= 0.3 is 0 Å². The van der Waals surface area contributed by atoms with Crippen molar-refractivity contribution in [2.75, 3.05) is 10.7 Å². The van der Waals surface area contributed by atoms with Crippen LogP contribution in [0.1, 0.15) is 17.4 Å². The number of hydrogen-bond donors (Lipinski definition) is 2. The minimum atomic E-state index is -0.399. The average Bonchev–Trinajstić information content (AvgIpc) is 3.03. The molecule has 26 heavy (non-hydrogen) atoms. The van der Waals surface area contributed by atoms with E-state index in [4.69, 9.17) is 11.6 Å². The maximum Gasteiger partial charge on any atom is 0.240 e. The summed E-state index contributed by atoms with van der Waals surface area (Å²) in [5.41, 5.74) is 5.10. The van der Waals surface area contributed by atoms with Crippen molar-refractivity contribution in [3.8, 4) is 0 Å². The number of carbonyl (C=O) groups excluding carboxylic acids is 1. The Kier molecular flexibility index (Phi) is 4.57. The monoisotopic (exact) mass is 385 g/mol. The zero-order valence-electron chi connectivity index (χ0n) is 13.9. The number of aromatic nitrogens is 3. The molecule has 1 aliphatic rings. The zero-order chi connectivity index (χ0) is 18.1. The van der Waals surface area contributed by atoms with E-state index >= 15 is 0 Å². The van der Waals surface area contributed by atoms with Gasteiger partial charge in [-0.2, -0.15) is 0 Å². The van der Waals surface area contributed by atoms with Crippen LogP contribution in [0.3, 0.4) is 0 Å². The number of aryl methyl sites for hydroxylation is 1. The molecule has 1 amide bonds. The lowest BCUT2D eigenvalue weighted by Gasteiger charge is -2.32. The molecule has 6 nitrogen and oxygen atoms in total. The van der Waals surface area contributed by atoms with Crippen molar-refractivity contribution in [1.29, 1.82) is 0 Å². The Bertz CT molecular complexity index is 929. The van der Waals surface area contributed by atoms with E-state index in [0.29, 0.717) is 15.9 Å². The number of hydrogen-bond acceptors (Lipinski definition) is 5. The lowest BCUT2D eigenvalue weighted by atomic mass is 10.0. The van der Waals surface area contributed by atoms with Gasteiger partial charge in [0.2, 0.25) is 11.1 Å². The molecule has 2 atom stereocenters. The number of anilines is 1. The lowest BCUT2D eigenvalue weighted by Crippen LogP contribution is -2.41. The fraction of sp³-hybridized carbons (Fsp3) is 0.167. The van der Waals surface area contributed by atoms with E-state index in [0.717, 1.165) is 11.4 Å². The Hall–Kier alpha value is -2.51. The molecule has 1 aromatic heterocycles. The highest BCUT2D eigenvalue weighted by molar-refractivity contribution is 8.00. The van der Waals surface area contributed by atoms with Crippen LogP contribution in [0.2, 0.25) is 5.02 Å². The number of carbonyl (C=O) groups is 1. The van der Waals surface area contributed by atoms with Crippen LogP contribution in [-0.2, 0) is 4.79 Å². The fourth-order valence-electron chi connectivity index (χ4n) is 2.82. The summed E-state index contributed by atoms with van der Waals surface area (Å²) < 4.78 is 1.83. The molecular formula is C18H16ClN5OS. The van der Waals surface area contributed by atoms with E-state index in [1.807, 2.05) is 41.9 Å². The molecule has 0 saturated heterocycles. The molecule has 0 bridgehead atoms. The number of amides is 1. The minimum absolute atomic E-state index is 0.106. The molecule has 8 heteroatoms. The third kappa shape index (κ3) is 3.27. The first-order valence-corrected chi connectivity index (χ1v) is 9.34. The van der Waals surface area contributed by atoms with E-state index in [1.54, 1.807) is 24.3 Å². The van der Waals surface area contributed by atoms with Crippen molar-refractivity contribution in [2.24, 2.45) is 0 Å². The van der Waals surface area contributed by atoms with Crippen LogP contribution in [0.4, 0.5) is 5.69 Å². The highest BCUT2D eigenvalue weighted by atomic mass is 35.5. The van der Waals surface area contributed by atoms with Crippen molar-refractivity contribution in [3.05, 3.63) is 71.0 Å². The van der Waals surface area contributed by atoms with E-state index in [2.05, 4.69) is 20.9 Å². The Morgan fingerprint density at radius 1 is 1.15 bits per heavy atom. The summed E-state index contributed by atoms with van der Waals surface area (Å²) in [7, 11) is 0. The number of rotatable bonds is 3. The molecule has 0 spiro atoms. The van der Waals surface area contributed by atoms with Gasteiger partial charge < -0.3 is 10.7 Å². The normalized spacial score (nSPS) is 18.7. The summed E-state index contributed by atoms with van der Waals surface area (Å²) >= 11 is 7.31. The summed E-state index contributed by atoms with van der Waals surface area (Å²) in [6, 6.07) is 16.7. The first-order valence-electron chi connectivity index (χ1n) is 8.08. The molecule has 0 fully saturated rings. The second-order valence-electron chi connectivity index (χ2n) is 5.92. The second kappa shape index (κ2) is 7.01. The second-order valence-corrected chi connectivity index (χ2v) is 7.46. The number of nitrogens with zero attached hydrogens (tertiary/aromatic N) is 3. The predicted octanol–water partition coefficient (Wildman–Crippen LogP) is 3.64. The molecular weight excluding hydrogens is 370 g/mol. The summed E-state index contributed by atoms with van der Waals surface area (Å²) in [6.45, 7) is 1.88. The minimum Gasteiger partial charge on any atom is -0.325 e. The van der Waals surface area contributed by atoms with Gasteiger partial charge in [-0.15, -0.1) is 10.2 Å². The third-order valence-electron chi connectivity index (χ3n) is 4.13. The van der Waals surface area contributed by atoms with Gasteiger partial charge in [0.05, 0.1) is 6.04 Å². The summed E-state index contributed by atoms with van der Waals surface area (Å²) in [4.78, 5) is 13.0. The largest absolute Gasteiger partial charge is 0.325 e. The topological polar surface area (TPSA) is 71.8 Å². The summed E-state index contributed by atoms with van der Waals surface area (Å²) in [5.74, 6) is 0.649. The Labute approximate surface area is 159 Å². The number of fused-ring (bicyclic) bond motifs is 1. The Morgan fingerprint density at radius 3 is 2.62 bits per heavy atom. The standard InChI is InChI=1S/C18H16ClN5OS/c1-11-21-22-18-24(11)23-15(12-5-3-2-4-6-12)16(26-18)17(25)20-14-9-7-13(19)8-10-14/h2-10,15-16,23H,1H3,(H,20,25)/t15-,16-/m0/s1. The van der Waals surface area contributed by atoms with Crippen molar-refractivity contribution in [2.45, 2.75) is 23.4 Å². The maximum absolute atomic E-state index is 13.0. The quantitative estimate of drug-likeness (QED) is 0.720. The van der Waals surface area contributed by atoms with Gasteiger partial charge in [-0.3, -0.25) is 4.79 Å². The molecule has 3 aromatic rings. The SMILES string of the molecule is Cc1nnc2n1N[C@@H](c1ccccc1)[C@@H](C(=O)Nc1ccc(Cl)cc1)S2. The third-order valence-corrected chi connectivity index (χ3v) is 5.59. The van der Waals surface area contributed by atoms with Crippen LogP contribution in [0.5, 0.6) is 0 Å². The van der Waals surface area contributed by atoms with E-state index in [1.165, 1.54) is 11.8 Å². The molecule has 2 N–H and O–H groups in total.